The Hall–Kier alpha value is -2.87. The van der Waals surface area contributed by atoms with E-state index >= 15 is 0 Å². The number of amides is 2. The molecule has 8 heteroatoms. The average Bonchev–Trinajstić information content (AvgIpc) is 2.75. The lowest BCUT2D eigenvalue weighted by Gasteiger charge is -2.29. The molecular formula is C25H35N3O4S. The third-order valence-electron chi connectivity index (χ3n) is 5.78. The fourth-order valence-electron chi connectivity index (χ4n) is 3.68. The normalized spacial score (nSPS) is 12.2. The molecule has 0 saturated heterocycles. The Morgan fingerprint density at radius 2 is 1.73 bits per heavy atom. The molecule has 0 radical (unpaired) electrons. The highest BCUT2D eigenvalue weighted by Crippen LogP contribution is 2.22. The van der Waals surface area contributed by atoms with Crippen LogP contribution >= 0.6 is 0 Å². The zero-order chi connectivity index (χ0) is 24.8. The molecule has 180 valence electrons. The minimum atomic E-state index is -3.51. The minimum Gasteiger partial charge on any atom is -0.357 e. The zero-order valence-electron chi connectivity index (χ0n) is 20.4. The SMILES string of the molecule is CNC(=O)[C@H](C)N(Cc1cccc(C)c1)C(=O)CCCN(c1ccc(C)c(C)c1)S(C)(=O)=O. The maximum atomic E-state index is 13.1. The van der Waals surface area contributed by atoms with Gasteiger partial charge in [-0.15, -0.1) is 0 Å². The molecule has 0 saturated carbocycles. The van der Waals surface area contributed by atoms with Gasteiger partial charge in [0.25, 0.3) is 0 Å². The first-order valence-corrected chi connectivity index (χ1v) is 12.9. The van der Waals surface area contributed by atoms with Crippen molar-refractivity contribution in [3.05, 3.63) is 64.7 Å². The molecule has 0 spiro atoms. The molecular weight excluding hydrogens is 438 g/mol. The lowest BCUT2D eigenvalue weighted by molar-refractivity contribution is -0.140. The van der Waals surface area contributed by atoms with Gasteiger partial charge in [-0.1, -0.05) is 35.9 Å². The molecule has 0 bridgehead atoms. The van der Waals surface area contributed by atoms with Crippen LogP contribution in [0.5, 0.6) is 0 Å². The number of carbonyl (C=O) groups is 2. The topological polar surface area (TPSA) is 86.8 Å². The average molecular weight is 474 g/mol. The summed E-state index contributed by atoms with van der Waals surface area (Å²) in [5.41, 5.74) is 4.68. The smallest absolute Gasteiger partial charge is 0.242 e. The van der Waals surface area contributed by atoms with Crippen LogP contribution in [0.25, 0.3) is 0 Å². The van der Waals surface area contributed by atoms with Gasteiger partial charge in [-0.2, -0.15) is 0 Å². The first-order chi connectivity index (χ1) is 15.4. The number of rotatable bonds is 10. The Morgan fingerprint density at radius 3 is 2.30 bits per heavy atom. The summed E-state index contributed by atoms with van der Waals surface area (Å²) in [4.78, 5) is 27.0. The number of nitrogens with one attached hydrogen (secondary N) is 1. The Balaban J connectivity index is 2.16. The van der Waals surface area contributed by atoms with Crippen molar-refractivity contribution in [3.63, 3.8) is 0 Å². The number of hydrogen-bond donors (Lipinski definition) is 1. The van der Waals surface area contributed by atoms with Crippen molar-refractivity contribution in [2.24, 2.45) is 0 Å². The van der Waals surface area contributed by atoms with Crippen LogP contribution in [0, 0.1) is 20.8 Å². The van der Waals surface area contributed by atoms with Gasteiger partial charge in [0, 0.05) is 26.6 Å². The number of nitrogens with zero attached hydrogens (tertiary/aromatic N) is 2. The molecule has 0 heterocycles. The van der Waals surface area contributed by atoms with Crippen molar-refractivity contribution in [2.45, 2.75) is 53.1 Å². The standard InChI is InChI=1S/C25H35N3O4S/c1-18-9-7-10-22(15-18)17-27(21(4)25(30)26-5)24(29)11-8-14-28(33(6,31)32)23-13-12-19(2)20(3)16-23/h7,9-10,12-13,15-16,21H,8,11,14,17H2,1-6H3,(H,26,30)/t21-/m0/s1. The van der Waals surface area contributed by atoms with Gasteiger partial charge in [0.05, 0.1) is 11.9 Å². The van der Waals surface area contributed by atoms with E-state index < -0.39 is 16.1 Å². The summed E-state index contributed by atoms with van der Waals surface area (Å²) in [6.07, 6.45) is 1.63. The van der Waals surface area contributed by atoms with E-state index in [1.165, 1.54) is 10.6 Å². The molecule has 0 unspecified atom stereocenters. The number of aryl methyl sites for hydroxylation is 3. The molecule has 1 N–H and O–H groups in total. The molecule has 0 fully saturated rings. The summed E-state index contributed by atoms with van der Waals surface area (Å²) in [6, 6.07) is 12.7. The highest BCUT2D eigenvalue weighted by atomic mass is 32.2. The molecule has 0 aliphatic rings. The van der Waals surface area contributed by atoms with Gasteiger partial charge in [-0.25, -0.2) is 8.42 Å². The van der Waals surface area contributed by atoms with E-state index in [1.807, 2.05) is 57.2 Å². The van der Waals surface area contributed by atoms with Crippen molar-refractivity contribution in [2.75, 3.05) is 24.2 Å². The molecule has 0 aliphatic carbocycles. The van der Waals surface area contributed by atoms with E-state index in [9.17, 15) is 18.0 Å². The first-order valence-electron chi connectivity index (χ1n) is 11.1. The first kappa shape index (κ1) is 26.4. The van der Waals surface area contributed by atoms with Crippen LogP contribution in [0.4, 0.5) is 5.69 Å². The van der Waals surface area contributed by atoms with Crippen LogP contribution in [0.2, 0.25) is 0 Å². The van der Waals surface area contributed by atoms with Crippen molar-refractivity contribution in [3.8, 4) is 0 Å². The van der Waals surface area contributed by atoms with Gasteiger partial charge in [0.1, 0.15) is 6.04 Å². The summed E-state index contributed by atoms with van der Waals surface area (Å²) >= 11 is 0. The van der Waals surface area contributed by atoms with Crippen LogP contribution in [0.15, 0.2) is 42.5 Å². The third kappa shape index (κ3) is 7.32. The predicted octanol–water partition coefficient (Wildman–Crippen LogP) is 3.32. The van der Waals surface area contributed by atoms with Crippen molar-refractivity contribution < 1.29 is 18.0 Å². The van der Waals surface area contributed by atoms with Crippen molar-refractivity contribution >= 4 is 27.5 Å². The van der Waals surface area contributed by atoms with Crippen molar-refractivity contribution in [1.82, 2.24) is 10.2 Å². The molecule has 1 atom stereocenters. The Labute approximate surface area is 197 Å². The number of anilines is 1. The maximum absolute atomic E-state index is 13.1. The maximum Gasteiger partial charge on any atom is 0.242 e. The van der Waals surface area contributed by atoms with Gasteiger partial charge in [0.15, 0.2) is 0 Å². The molecule has 7 nitrogen and oxygen atoms in total. The Bertz CT molecular complexity index is 1100. The Kier molecular flexibility index (Phi) is 9.05. The van der Waals surface area contributed by atoms with Gasteiger partial charge in [-0.05, 0) is 62.9 Å². The van der Waals surface area contributed by atoms with Crippen LogP contribution in [0.3, 0.4) is 0 Å². The molecule has 2 amide bonds. The van der Waals surface area contributed by atoms with Gasteiger partial charge >= 0.3 is 0 Å². The number of sulfonamides is 1. The monoisotopic (exact) mass is 473 g/mol. The molecule has 2 aromatic carbocycles. The van der Waals surface area contributed by atoms with Gasteiger partial charge in [-0.3, -0.25) is 13.9 Å². The van der Waals surface area contributed by atoms with E-state index in [-0.39, 0.29) is 24.8 Å². The second kappa shape index (κ2) is 11.3. The number of carbonyl (C=O) groups excluding carboxylic acids is 2. The summed E-state index contributed by atoms with van der Waals surface area (Å²) < 4.78 is 26.2. The molecule has 2 aromatic rings. The minimum absolute atomic E-state index is 0.129. The number of hydrogen-bond acceptors (Lipinski definition) is 4. The molecule has 0 aliphatic heterocycles. The zero-order valence-corrected chi connectivity index (χ0v) is 21.2. The van der Waals surface area contributed by atoms with Crippen LogP contribution in [0.1, 0.15) is 42.0 Å². The third-order valence-corrected chi connectivity index (χ3v) is 6.97. The molecule has 0 aromatic heterocycles. The van der Waals surface area contributed by atoms with Crippen LogP contribution in [-0.2, 0) is 26.2 Å². The summed E-state index contributed by atoms with van der Waals surface area (Å²) in [5.74, 6) is -0.440. The quantitative estimate of drug-likeness (QED) is 0.574. The molecule has 2 rings (SSSR count). The largest absolute Gasteiger partial charge is 0.357 e. The van der Waals surface area contributed by atoms with Gasteiger partial charge < -0.3 is 10.2 Å². The van der Waals surface area contributed by atoms with Crippen LogP contribution < -0.4 is 9.62 Å². The fourth-order valence-corrected chi connectivity index (χ4v) is 4.64. The summed E-state index contributed by atoms with van der Waals surface area (Å²) in [7, 11) is -1.97. The highest BCUT2D eigenvalue weighted by molar-refractivity contribution is 7.92. The predicted molar refractivity (Wildman–Crippen MR) is 133 cm³/mol. The van der Waals surface area contributed by atoms with E-state index in [0.29, 0.717) is 18.7 Å². The fraction of sp³-hybridized carbons (Fsp3) is 0.440. The summed E-state index contributed by atoms with van der Waals surface area (Å²) in [5, 5.41) is 2.60. The lowest BCUT2D eigenvalue weighted by atomic mass is 10.1. The Morgan fingerprint density at radius 1 is 1.03 bits per heavy atom. The summed E-state index contributed by atoms with van der Waals surface area (Å²) in [6.45, 7) is 8.07. The highest BCUT2D eigenvalue weighted by Gasteiger charge is 2.26. The van der Waals surface area contributed by atoms with E-state index in [1.54, 1.807) is 24.9 Å². The molecule has 33 heavy (non-hydrogen) atoms. The lowest BCUT2D eigenvalue weighted by Crippen LogP contribution is -2.46. The van der Waals surface area contributed by atoms with Crippen molar-refractivity contribution in [1.29, 1.82) is 0 Å². The van der Waals surface area contributed by atoms with E-state index in [4.69, 9.17) is 0 Å². The number of likely N-dealkylation sites (N-methyl/N-ethyl adjacent to an activating group) is 1. The van der Waals surface area contributed by atoms with Crippen LogP contribution in [-0.4, -0.2) is 51.0 Å². The second-order valence-corrected chi connectivity index (χ2v) is 10.4. The number of benzene rings is 2. The van der Waals surface area contributed by atoms with E-state index in [0.717, 1.165) is 22.3 Å². The van der Waals surface area contributed by atoms with E-state index in [2.05, 4.69) is 5.32 Å². The second-order valence-electron chi connectivity index (χ2n) is 8.51. The van der Waals surface area contributed by atoms with Gasteiger partial charge in [0.2, 0.25) is 21.8 Å².